The molecule has 1 aliphatic heterocycles. The quantitative estimate of drug-likeness (QED) is 0.201. The zero-order valence-corrected chi connectivity index (χ0v) is 21.1. The van der Waals surface area contributed by atoms with E-state index in [0.29, 0.717) is 34.1 Å². The summed E-state index contributed by atoms with van der Waals surface area (Å²) in [6.07, 6.45) is 3.65. The Morgan fingerprint density at radius 3 is 2.35 bits per heavy atom. The van der Waals surface area contributed by atoms with E-state index in [1.54, 1.807) is 44.4 Å². The Bertz CT molecular complexity index is 1570. The summed E-state index contributed by atoms with van der Waals surface area (Å²) in [6, 6.07) is 13.9. The number of ketones is 1. The molecule has 37 heavy (non-hydrogen) atoms. The topological polar surface area (TPSA) is 85.2 Å². The maximum atomic E-state index is 13.2. The molecule has 3 aromatic carbocycles. The van der Waals surface area contributed by atoms with Crippen molar-refractivity contribution >= 4 is 28.7 Å². The van der Waals surface area contributed by atoms with Gasteiger partial charge < -0.3 is 28.3 Å². The highest BCUT2D eigenvalue weighted by molar-refractivity contribution is 6.16. The third-order valence-corrected chi connectivity index (χ3v) is 6.30. The summed E-state index contributed by atoms with van der Waals surface area (Å²) in [4.78, 5) is 26.3. The minimum absolute atomic E-state index is 0.162. The Balaban J connectivity index is 1.47. The number of esters is 1. The maximum absolute atomic E-state index is 13.2. The van der Waals surface area contributed by atoms with Gasteiger partial charge in [-0.05, 0) is 55.0 Å². The molecule has 0 fully saturated rings. The highest BCUT2D eigenvalue weighted by Gasteiger charge is 2.31. The summed E-state index contributed by atoms with van der Waals surface area (Å²) in [5.74, 6) is 1.21. The number of carbonyl (C=O) groups is 2. The SMILES string of the molecule is COc1ccc2c(c1)c(/C=C1\Oc3cc(OC(=O)c4c(OC)cccc4OC)cc(C)c3C1=O)cn2C. The van der Waals surface area contributed by atoms with Gasteiger partial charge >= 0.3 is 5.97 Å². The van der Waals surface area contributed by atoms with Crippen LogP contribution in [0.1, 0.15) is 31.8 Å². The Hall–Kier alpha value is -4.72. The number of nitrogens with zero attached hydrogens (tertiary/aromatic N) is 1. The molecule has 0 aliphatic carbocycles. The second-order valence-electron chi connectivity index (χ2n) is 8.56. The van der Waals surface area contributed by atoms with Crippen LogP contribution in [0.2, 0.25) is 0 Å². The number of aryl methyl sites for hydroxylation is 2. The van der Waals surface area contributed by atoms with Gasteiger partial charge in [0.15, 0.2) is 5.76 Å². The van der Waals surface area contributed by atoms with E-state index in [1.165, 1.54) is 20.3 Å². The molecule has 0 N–H and O–H groups in total. The molecule has 0 saturated carbocycles. The second-order valence-corrected chi connectivity index (χ2v) is 8.56. The smallest absolute Gasteiger partial charge is 0.351 e. The summed E-state index contributed by atoms with van der Waals surface area (Å²) in [5, 5.41) is 0.929. The first kappa shape index (κ1) is 24.0. The van der Waals surface area contributed by atoms with E-state index < -0.39 is 5.97 Å². The number of fused-ring (bicyclic) bond motifs is 2. The molecule has 2 heterocycles. The van der Waals surface area contributed by atoms with E-state index in [0.717, 1.165) is 16.5 Å². The van der Waals surface area contributed by atoms with E-state index in [1.807, 2.05) is 36.0 Å². The van der Waals surface area contributed by atoms with Crippen LogP contribution in [0.15, 0.2) is 60.5 Å². The maximum Gasteiger partial charge on any atom is 0.351 e. The number of hydrogen-bond donors (Lipinski definition) is 0. The molecule has 0 spiro atoms. The van der Waals surface area contributed by atoms with Gasteiger partial charge in [0.05, 0.1) is 26.9 Å². The summed E-state index contributed by atoms with van der Waals surface area (Å²) < 4.78 is 29.6. The van der Waals surface area contributed by atoms with E-state index in [4.69, 9.17) is 23.7 Å². The van der Waals surface area contributed by atoms with Crippen molar-refractivity contribution in [3.8, 4) is 28.7 Å². The van der Waals surface area contributed by atoms with Crippen molar-refractivity contribution < 1.29 is 33.3 Å². The number of Topliss-reactive ketones (excluding diaryl/α,β-unsaturated/α-hetero) is 1. The molecule has 8 heteroatoms. The first-order valence-corrected chi connectivity index (χ1v) is 11.5. The minimum Gasteiger partial charge on any atom is -0.497 e. The van der Waals surface area contributed by atoms with E-state index in [-0.39, 0.29) is 22.9 Å². The van der Waals surface area contributed by atoms with E-state index >= 15 is 0 Å². The molecule has 5 rings (SSSR count). The molecule has 8 nitrogen and oxygen atoms in total. The fourth-order valence-electron chi connectivity index (χ4n) is 4.53. The van der Waals surface area contributed by atoms with Gasteiger partial charge in [0.2, 0.25) is 5.78 Å². The molecular formula is C29H25NO7. The molecule has 0 saturated heterocycles. The highest BCUT2D eigenvalue weighted by Crippen LogP contribution is 2.39. The number of rotatable bonds is 6. The van der Waals surface area contributed by atoms with Crippen LogP contribution < -0.4 is 23.7 Å². The Morgan fingerprint density at radius 1 is 0.946 bits per heavy atom. The molecule has 0 bridgehead atoms. The third kappa shape index (κ3) is 4.16. The fourth-order valence-corrected chi connectivity index (χ4v) is 4.53. The van der Waals surface area contributed by atoms with E-state index in [2.05, 4.69) is 0 Å². The average molecular weight is 500 g/mol. The van der Waals surface area contributed by atoms with Crippen LogP contribution in [0, 0.1) is 6.92 Å². The number of ether oxygens (including phenoxy) is 5. The average Bonchev–Trinajstić information content (AvgIpc) is 3.38. The van der Waals surface area contributed by atoms with Crippen LogP contribution in [-0.4, -0.2) is 37.6 Å². The standard InChI is InChI=1S/C29H25NO7/c1-16-11-19(36-29(32)27-22(34-4)7-6-8-23(27)35-5)14-24-26(16)28(31)25(37-24)12-17-15-30(2)21-10-9-18(33-3)13-20(17)21/h6-15H,1-5H3/b25-12-. The molecule has 0 radical (unpaired) electrons. The summed E-state index contributed by atoms with van der Waals surface area (Å²) in [5.41, 5.74) is 3.03. The highest BCUT2D eigenvalue weighted by atomic mass is 16.5. The van der Waals surface area contributed by atoms with Gasteiger partial charge in [0, 0.05) is 35.8 Å². The lowest BCUT2D eigenvalue weighted by Crippen LogP contribution is -2.12. The lowest BCUT2D eigenvalue weighted by Gasteiger charge is -2.13. The molecule has 0 atom stereocenters. The van der Waals surface area contributed by atoms with Crippen LogP contribution in [0.3, 0.4) is 0 Å². The fraction of sp³-hybridized carbons (Fsp3) is 0.172. The zero-order valence-electron chi connectivity index (χ0n) is 21.1. The van der Waals surface area contributed by atoms with Gasteiger partial charge in [0.25, 0.3) is 0 Å². The van der Waals surface area contributed by atoms with Gasteiger partial charge in [-0.15, -0.1) is 0 Å². The summed E-state index contributed by atoms with van der Waals surface area (Å²) >= 11 is 0. The molecule has 1 aliphatic rings. The molecule has 0 unspecified atom stereocenters. The normalized spacial score (nSPS) is 13.4. The number of allylic oxidation sites excluding steroid dienone is 1. The van der Waals surface area contributed by atoms with Gasteiger partial charge in [-0.2, -0.15) is 0 Å². The first-order chi connectivity index (χ1) is 17.8. The van der Waals surface area contributed by atoms with Gasteiger partial charge in [-0.3, -0.25) is 4.79 Å². The third-order valence-electron chi connectivity index (χ3n) is 6.30. The van der Waals surface area contributed by atoms with Crippen molar-refractivity contribution in [1.82, 2.24) is 4.57 Å². The van der Waals surface area contributed by atoms with E-state index in [9.17, 15) is 9.59 Å². The lowest BCUT2D eigenvalue weighted by atomic mass is 10.0. The van der Waals surface area contributed by atoms with Crippen molar-refractivity contribution in [2.75, 3.05) is 21.3 Å². The molecule has 4 aromatic rings. The Labute approximate surface area is 213 Å². The largest absolute Gasteiger partial charge is 0.497 e. The number of hydrogen-bond acceptors (Lipinski definition) is 7. The molecule has 188 valence electrons. The van der Waals surface area contributed by atoms with Gasteiger partial charge in [-0.1, -0.05) is 6.07 Å². The number of benzene rings is 3. The van der Waals surface area contributed by atoms with Crippen LogP contribution in [0.25, 0.3) is 17.0 Å². The predicted octanol–water partition coefficient (Wildman–Crippen LogP) is 5.35. The zero-order chi connectivity index (χ0) is 26.3. The number of carbonyl (C=O) groups excluding carboxylic acids is 2. The summed E-state index contributed by atoms with van der Waals surface area (Å²) in [6.45, 7) is 1.77. The molecule has 1 aromatic heterocycles. The molecular weight excluding hydrogens is 474 g/mol. The number of methoxy groups -OCH3 is 3. The van der Waals surface area contributed by atoms with Gasteiger partial charge in [-0.25, -0.2) is 4.79 Å². The Kier molecular flexibility index (Phi) is 6.09. The van der Waals surface area contributed by atoms with Crippen LogP contribution in [0.5, 0.6) is 28.7 Å². The Morgan fingerprint density at radius 2 is 1.68 bits per heavy atom. The van der Waals surface area contributed by atoms with Crippen LogP contribution in [-0.2, 0) is 7.05 Å². The van der Waals surface area contributed by atoms with Crippen molar-refractivity contribution in [1.29, 1.82) is 0 Å². The van der Waals surface area contributed by atoms with Crippen molar-refractivity contribution in [3.63, 3.8) is 0 Å². The lowest BCUT2D eigenvalue weighted by molar-refractivity contribution is 0.0727. The predicted molar refractivity (Wildman–Crippen MR) is 138 cm³/mol. The monoisotopic (exact) mass is 499 g/mol. The van der Waals surface area contributed by atoms with Crippen molar-refractivity contribution in [2.45, 2.75) is 6.92 Å². The van der Waals surface area contributed by atoms with Crippen LogP contribution in [0.4, 0.5) is 0 Å². The summed E-state index contributed by atoms with van der Waals surface area (Å²) in [7, 11) is 6.47. The van der Waals surface area contributed by atoms with Crippen molar-refractivity contribution in [3.05, 3.63) is 82.7 Å². The van der Waals surface area contributed by atoms with Gasteiger partial charge in [0.1, 0.15) is 34.3 Å². The van der Waals surface area contributed by atoms with Crippen molar-refractivity contribution in [2.24, 2.45) is 7.05 Å². The number of aromatic nitrogens is 1. The van der Waals surface area contributed by atoms with Crippen LogP contribution >= 0.6 is 0 Å². The molecule has 0 amide bonds. The first-order valence-electron chi connectivity index (χ1n) is 11.5. The second kappa shape index (κ2) is 9.39. The minimum atomic E-state index is -0.654.